The highest BCUT2D eigenvalue weighted by Crippen LogP contribution is 2.18. The van der Waals surface area contributed by atoms with E-state index in [1.165, 1.54) is 11.1 Å². The second-order valence-corrected chi connectivity index (χ2v) is 6.53. The predicted molar refractivity (Wildman–Crippen MR) is 112 cm³/mol. The van der Waals surface area contributed by atoms with Crippen molar-refractivity contribution in [2.45, 2.75) is 26.4 Å². The Kier molecular flexibility index (Phi) is 6.34. The molecule has 0 fully saturated rings. The van der Waals surface area contributed by atoms with Crippen molar-refractivity contribution in [3.05, 3.63) is 95.8 Å². The van der Waals surface area contributed by atoms with Crippen molar-refractivity contribution in [3.63, 3.8) is 0 Å². The molecule has 0 atom stereocenters. The molecular weight excluding hydrogens is 338 g/mol. The van der Waals surface area contributed by atoms with Gasteiger partial charge < -0.3 is 10.2 Å². The summed E-state index contributed by atoms with van der Waals surface area (Å²) in [6.07, 6.45) is 4.65. The SMILES string of the molecule is CCc1ccccc1NC(=S)N(Cc1ccccc1)Cc1cccnc1. The van der Waals surface area contributed by atoms with Crippen LogP contribution in [0.1, 0.15) is 23.6 Å². The van der Waals surface area contributed by atoms with E-state index >= 15 is 0 Å². The normalized spacial score (nSPS) is 10.3. The molecule has 0 saturated heterocycles. The maximum atomic E-state index is 5.76. The van der Waals surface area contributed by atoms with Crippen LogP contribution in [0, 0.1) is 0 Å². The maximum absolute atomic E-state index is 5.76. The van der Waals surface area contributed by atoms with Gasteiger partial charge in [-0.3, -0.25) is 4.98 Å². The van der Waals surface area contributed by atoms with Gasteiger partial charge in [0.25, 0.3) is 0 Å². The van der Waals surface area contributed by atoms with Crippen LogP contribution < -0.4 is 5.32 Å². The first-order valence-electron chi connectivity index (χ1n) is 8.83. The molecule has 3 nitrogen and oxygen atoms in total. The van der Waals surface area contributed by atoms with Crippen LogP contribution in [0.5, 0.6) is 0 Å². The predicted octanol–water partition coefficient (Wildman–Crippen LogP) is 5.04. The summed E-state index contributed by atoms with van der Waals surface area (Å²) in [4.78, 5) is 6.40. The topological polar surface area (TPSA) is 28.2 Å². The Bertz CT molecular complexity index is 793. The average Bonchev–Trinajstić information content (AvgIpc) is 2.69. The zero-order valence-electron chi connectivity index (χ0n) is 14.9. The first kappa shape index (κ1) is 18.1. The second kappa shape index (κ2) is 9.11. The Balaban J connectivity index is 1.80. The van der Waals surface area contributed by atoms with Crippen LogP contribution in [0.2, 0.25) is 0 Å². The zero-order chi connectivity index (χ0) is 18.2. The van der Waals surface area contributed by atoms with Crippen LogP contribution >= 0.6 is 12.2 Å². The maximum Gasteiger partial charge on any atom is 0.174 e. The minimum atomic E-state index is 0.711. The standard InChI is InChI=1S/C22H23N3S/c1-2-20-12-6-7-13-21(20)24-22(26)25(16-18-9-4-3-5-10-18)17-19-11-8-14-23-15-19/h3-15H,2,16-17H2,1H3,(H,24,26). The number of pyridine rings is 1. The number of rotatable bonds is 6. The molecule has 0 radical (unpaired) electrons. The lowest BCUT2D eigenvalue weighted by Crippen LogP contribution is -2.34. The molecule has 0 spiro atoms. The van der Waals surface area contributed by atoms with Gasteiger partial charge >= 0.3 is 0 Å². The van der Waals surface area contributed by atoms with Crippen LogP contribution in [0.4, 0.5) is 5.69 Å². The minimum absolute atomic E-state index is 0.711. The number of hydrogen-bond acceptors (Lipinski definition) is 2. The Labute approximate surface area is 160 Å². The monoisotopic (exact) mass is 361 g/mol. The summed E-state index contributed by atoms with van der Waals surface area (Å²) >= 11 is 5.76. The smallest absolute Gasteiger partial charge is 0.174 e. The molecule has 0 saturated carbocycles. The largest absolute Gasteiger partial charge is 0.340 e. The van der Waals surface area contributed by atoms with Gasteiger partial charge in [0.05, 0.1) is 0 Å². The number of para-hydroxylation sites is 1. The minimum Gasteiger partial charge on any atom is -0.340 e. The first-order valence-corrected chi connectivity index (χ1v) is 9.23. The third-order valence-corrected chi connectivity index (χ3v) is 4.60. The third kappa shape index (κ3) is 4.90. The molecule has 0 unspecified atom stereocenters. The molecule has 1 heterocycles. The lowest BCUT2D eigenvalue weighted by atomic mass is 10.1. The highest BCUT2D eigenvalue weighted by molar-refractivity contribution is 7.80. The van der Waals surface area contributed by atoms with Gasteiger partial charge in [0.1, 0.15) is 0 Å². The fraction of sp³-hybridized carbons (Fsp3) is 0.182. The molecule has 0 amide bonds. The van der Waals surface area contributed by atoms with E-state index in [9.17, 15) is 0 Å². The summed E-state index contributed by atoms with van der Waals surface area (Å²) in [5.74, 6) is 0. The molecule has 3 aromatic rings. The number of nitrogens with zero attached hydrogens (tertiary/aromatic N) is 2. The van der Waals surface area contributed by atoms with Crippen molar-refractivity contribution in [2.24, 2.45) is 0 Å². The van der Waals surface area contributed by atoms with Gasteiger partial charge in [-0.1, -0.05) is 61.5 Å². The van der Waals surface area contributed by atoms with Gasteiger partial charge in [0.15, 0.2) is 5.11 Å². The molecule has 26 heavy (non-hydrogen) atoms. The number of benzene rings is 2. The van der Waals surface area contributed by atoms with Crippen LogP contribution in [0.3, 0.4) is 0 Å². The fourth-order valence-corrected chi connectivity index (χ4v) is 3.10. The molecule has 0 bridgehead atoms. The number of thiocarbonyl (C=S) groups is 1. The van der Waals surface area contributed by atoms with Gasteiger partial charge in [-0.05, 0) is 47.5 Å². The molecule has 0 aliphatic heterocycles. The van der Waals surface area contributed by atoms with E-state index < -0.39 is 0 Å². The van der Waals surface area contributed by atoms with Crippen LogP contribution in [0.15, 0.2) is 79.1 Å². The number of aromatic nitrogens is 1. The van der Waals surface area contributed by atoms with E-state index in [1.807, 2.05) is 24.4 Å². The number of anilines is 1. The van der Waals surface area contributed by atoms with Gasteiger partial charge in [-0.25, -0.2) is 0 Å². The third-order valence-electron chi connectivity index (χ3n) is 4.24. The van der Waals surface area contributed by atoms with E-state index in [-0.39, 0.29) is 0 Å². The fourth-order valence-electron chi connectivity index (χ4n) is 2.86. The quantitative estimate of drug-likeness (QED) is 0.622. The lowest BCUT2D eigenvalue weighted by Gasteiger charge is -2.27. The first-order chi connectivity index (χ1) is 12.8. The van der Waals surface area contributed by atoms with Gasteiger partial charge in [0.2, 0.25) is 0 Å². The van der Waals surface area contributed by atoms with E-state index in [0.717, 1.165) is 29.3 Å². The molecule has 2 aromatic carbocycles. The van der Waals surface area contributed by atoms with E-state index in [0.29, 0.717) is 6.54 Å². The van der Waals surface area contributed by atoms with Crippen LogP contribution in [-0.2, 0) is 19.5 Å². The molecule has 0 aliphatic carbocycles. The Morgan fingerprint density at radius 1 is 0.923 bits per heavy atom. The molecule has 3 rings (SSSR count). The molecular formula is C22H23N3S. The average molecular weight is 362 g/mol. The number of hydrogen-bond donors (Lipinski definition) is 1. The summed E-state index contributed by atoms with van der Waals surface area (Å²) in [5, 5.41) is 4.16. The Morgan fingerprint density at radius 3 is 2.35 bits per heavy atom. The van der Waals surface area contributed by atoms with Crippen molar-refractivity contribution in [3.8, 4) is 0 Å². The number of nitrogens with one attached hydrogen (secondary N) is 1. The molecule has 1 N–H and O–H groups in total. The van der Waals surface area contributed by atoms with Crippen molar-refractivity contribution in [2.75, 3.05) is 5.32 Å². The summed E-state index contributed by atoms with van der Waals surface area (Å²) in [7, 11) is 0. The van der Waals surface area contributed by atoms with Crippen molar-refractivity contribution < 1.29 is 0 Å². The molecule has 0 aliphatic rings. The summed E-state index contributed by atoms with van der Waals surface area (Å²) < 4.78 is 0. The number of aryl methyl sites for hydroxylation is 1. The van der Waals surface area contributed by atoms with Gasteiger partial charge in [-0.2, -0.15) is 0 Å². The summed E-state index contributed by atoms with van der Waals surface area (Å²) in [6, 6.07) is 22.7. The lowest BCUT2D eigenvalue weighted by molar-refractivity contribution is 0.412. The van der Waals surface area contributed by atoms with Crippen LogP contribution in [0.25, 0.3) is 0 Å². The van der Waals surface area contributed by atoms with Crippen molar-refractivity contribution >= 4 is 23.0 Å². The Morgan fingerprint density at radius 2 is 1.62 bits per heavy atom. The van der Waals surface area contributed by atoms with Gasteiger partial charge in [0, 0.05) is 31.2 Å². The van der Waals surface area contributed by atoms with E-state index in [2.05, 4.69) is 70.7 Å². The second-order valence-electron chi connectivity index (χ2n) is 6.14. The zero-order valence-corrected chi connectivity index (χ0v) is 15.7. The highest BCUT2D eigenvalue weighted by atomic mass is 32.1. The van der Waals surface area contributed by atoms with Crippen LogP contribution in [-0.4, -0.2) is 15.0 Å². The van der Waals surface area contributed by atoms with E-state index in [4.69, 9.17) is 12.2 Å². The van der Waals surface area contributed by atoms with Crippen molar-refractivity contribution in [1.29, 1.82) is 0 Å². The molecule has 1 aromatic heterocycles. The van der Waals surface area contributed by atoms with Gasteiger partial charge in [-0.15, -0.1) is 0 Å². The summed E-state index contributed by atoms with van der Waals surface area (Å²) in [6.45, 7) is 3.61. The molecule has 132 valence electrons. The summed E-state index contributed by atoms with van der Waals surface area (Å²) in [5.41, 5.74) is 4.70. The van der Waals surface area contributed by atoms with Crippen molar-refractivity contribution in [1.82, 2.24) is 9.88 Å². The molecule has 4 heteroatoms. The highest BCUT2D eigenvalue weighted by Gasteiger charge is 2.13. The Hall–Kier alpha value is -2.72. The van der Waals surface area contributed by atoms with E-state index in [1.54, 1.807) is 6.20 Å².